The normalized spacial score (nSPS) is 11.6. The second-order valence-electron chi connectivity index (χ2n) is 4.90. The molecular weight excluding hydrogens is 308 g/mol. The fraction of sp³-hybridized carbons (Fsp3) is 0.111. The number of nitrogens with zero attached hydrogens (tertiary/aromatic N) is 2. The molecule has 2 aromatic carbocycles. The quantitative estimate of drug-likeness (QED) is 0.688. The van der Waals surface area contributed by atoms with Crippen LogP contribution in [0.5, 0.6) is 5.75 Å². The van der Waals surface area contributed by atoms with Gasteiger partial charge in [0.1, 0.15) is 5.75 Å². The van der Waals surface area contributed by atoms with Crippen LogP contribution < -0.4 is 9.54 Å². The number of ether oxygens (including phenoxy) is 1. The molecule has 0 saturated heterocycles. The summed E-state index contributed by atoms with van der Waals surface area (Å²) < 4.78 is 8.19. The molecule has 116 valence electrons. The Balaban J connectivity index is 2.06. The number of hydrogen-bond donors (Lipinski definition) is 0. The van der Waals surface area contributed by atoms with E-state index >= 15 is 0 Å². The third kappa shape index (κ3) is 3.10. The number of carbonyl (C=O) groups is 1. The van der Waals surface area contributed by atoms with E-state index in [0.717, 1.165) is 10.2 Å². The molecule has 0 aliphatic heterocycles. The van der Waals surface area contributed by atoms with Crippen molar-refractivity contribution in [1.29, 1.82) is 0 Å². The average molecular weight is 324 g/mol. The van der Waals surface area contributed by atoms with Gasteiger partial charge in [0.25, 0.3) is 5.91 Å². The maximum absolute atomic E-state index is 12.4. The zero-order valence-corrected chi connectivity index (χ0v) is 13.5. The minimum atomic E-state index is -0.267. The number of hydrogen-bond acceptors (Lipinski definition) is 3. The fourth-order valence-electron chi connectivity index (χ4n) is 2.30. The average Bonchev–Trinajstić information content (AvgIpc) is 2.93. The molecule has 23 heavy (non-hydrogen) atoms. The van der Waals surface area contributed by atoms with Crippen molar-refractivity contribution in [3.63, 3.8) is 0 Å². The first kappa shape index (κ1) is 15.2. The lowest BCUT2D eigenvalue weighted by Crippen LogP contribution is -2.16. The lowest BCUT2D eigenvalue weighted by molar-refractivity contribution is 0.0998. The van der Waals surface area contributed by atoms with Gasteiger partial charge < -0.3 is 9.30 Å². The number of methoxy groups -OCH3 is 1. The van der Waals surface area contributed by atoms with Gasteiger partial charge >= 0.3 is 0 Å². The summed E-state index contributed by atoms with van der Waals surface area (Å²) in [6.07, 6.45) is 1.80. The lowest BCUT2D eigenvalue weighted by Gasteiger charge is -2.01. The van der Waals surface area contributed by atoms with Crippen LogP contribution in [0.1, 0.15) is 10.4 Å². The summed E-state index contributed by atoms with van der Waals surface area (Å²) in [6.45, 7) is 4.39. The zero-order valence-electron chi connectivity index (χ0n) is 12.7. The molecule has 1 heterocycles. The predicted molar refractivity (Wildman–Crippen MR) is 92.9 cm³/mol. The Kier molecular flexibility index (Phi) is 4.39. The third-order valence-electron chi connectivity index (χ3n) is 3.43. The van der Waals surface area contributed by atoms with E-state index in [1.807, 2.05) is 28.8 Å². The zero-order chi connectivity index (χ0) is 16.2. The molecule has 0 aliphatic rings. The number of para-hydroxylation sites is 1. The maximum Gasteiger partial charge on any atom is 0.279 e. The van der Waals surface area contributed by atoms with Gasteiger partial charge in [-0.1, -0.05) is 29.5 Å². The van der Waals surface area contributed by atoms with Crippen molar-refractivity contribution in [3.05, 3.63) is 71.6 Å². The van der Waals surface area contributed by atoms with Gasteiger partial charge in [-0.3, -0.25) is 4.79 Å². The number of fused-ring (bicyclic) bond motifs is 1. The molecule has 4 nitrogen and oxygen atoms in total. The Labute approximate surface area is 138 Å². The van der Waals surface area contributed by atoms with Crippen LogP contribution in [-0.4, -0.2) is 17.6 Å². The van der Waals surface area contributed by atoms with Crippen molar-refractivity contribution in [2.24, 2.45) is 4.99 Å². The van der Waals surface area contributed by atoms with Crippen molar-refractivity contribution in [1.82, 2.24) is 4.57 Å². The van der Waals surface area contributed by atoms with Gasteiger partial charge in [-0.2, -0.15) is 4.99 Å². The van der Waals surface area contributed by atoms with Crippen LogP contribution in [0.3, 0.4) is 0 Å². The third-order valence-corrected chi connectivity index (χ3v) is 4.49. The van der Waals surface area contributed by atoms with Crippen LogP contribution in [0.4, 0.5) is 0 Å². The highest BCUT2D eigenvalue weighted by Gasteiger charge is 2.08. The van der Waals surface area contributed by atoms with E-state index in [1.165, 1.54) is 11.3 Å². The van der Waals surface area contributed by atoms with Gasteiger partial charge in [0.2, 0.25) is 0 Å². The first-order chi connectivity index (χ1) is 11.2. The summed E-state index contributed by atoms with van der Waals surface area (Å²) in [7, 11) is 1.59. The largest absolute Gasteiger partial charge is 0.497 e. The SMILES string of the molecule is C=CCn1c(=NC(=O)c2ccc(OC)cc2)sc2ccccc21. The Morgan fingerprint density at radius 2 is 2.00 bits per heavy atom. The van der Waals surface area contributed by atoms with E-state index in [4.69, 9.17) is 4.74 Å². The van der Waals surface area contributed by atoms with Gasteiger partial charge in [-0.05, 0) is 36.4 Å². The first-order valence-electron chi connectivity index (χ1n) is 7.15. The topological polar surface area (TPSA) is 43.6 Å². The smallest absolute Gasteiger partial charge is 0.279 e. The van der Waals surface area contributed by atoms with E-state index < -0.39 is 0 Å². The number of rotatable bonds is 4. The Hall–Kier alpha value is -2.66. The standard InChI is InChI=1S/C18H16N2O2S/c1-3-12-20-15-6-4-5-7-16(15)23-18(20)19-17(21)13-8-10-14(22-2)11-9-13/h3-11H,1,12H2,2H3. The van der Waals surface area contributed by atoms with E-state index in [2.05, 4.69) is 11.6 Å². The van der Waals surface area contributed by atoms with E-state index in [9.17, 15) is 4.79 Å². The summed E-state index contributed by atoms with van der Waals surface area (Å²) in [6, 6.07) is 14.9. The molecule has 0 fully saturated rings. The Bertz CT molecular complexity index is 920. The van der Waals surface area contributed by atoms with Crippen LogP contribution in [0.25, 0.3) is 10.2 Å². The number of benzene rings is 2. The van der Waals surface area contributed by atoms with E-state index in [-0.39, 0.29) is 5.91 Å². The highest BCUT2D eigenvalue weighted by molar-refractivity contribution is 7.16. The summed E-state index contributed by atoms with van der Waals surface area (Å²) in [5.74, 6) is 0.446. The molecule has 3 aromatic rings. The van der Waals surface area contributed by atoms with Gasteiger partial charge in [-0.15, -0.1) is 6.58 Å². The second kappa shape index (κ2) is 6.62. The molecule has 0 saturated carbocycles. The van der Waals surface area contributed by atoms with Gasteiger partial charge in [0, 0.05) is 12.1 Å². The van der Waals surface area contributed by atoms with Gasteiger partial charge in [-0.25, -0.2) is 0 Å². The number of allylic oxidation sites excluding steroid dienone is 1. The maximum atomic E-state index is 12.4. The lowest BCUT2D eigenvalue weighted by atomic mass is 10.2. The van der Waals surface area contributed by atoms with Crippen LogP contribution in [0.2, 0.25) is 0 Å². The molecule has 0 N–H and O–H groups in total. The number of carbonyl (C=O) groups excluding carboxylic acids is 1. The summed E-state index contributed by atoms with van der Waals surface area (Å²) in [5.41, 5.74) is 1.59. The van der Waals surface area contributed by atoms with Crippen LogP contribution in [0, 0.1) is 0 Å². The molecule has 0 spiro atoms. The molecular formula is C18H16N2O2S. The minimum absolute atomic E-state index is 0.267. The first-order valence-corrected chi connectivity index (χ1v) is 7.97. The molecule has 0 bridgehead atoms. The minimum Gasteiger partial charge on any atom is -0.497 e. The Morgan fingerprint density at radius 1 is 1.26 bits per heavy atom. The molecule has 0 atom stereocenters. The van der Waals surface area contributed by atoms with Crippen molar-refractivity contribution in [2.45, 2.75) is 6.54 Å². The molecule has 3 rings (SSSR count). The summed E-state index contributed by atoms with van der Waals surface area (Å²) in [4.78, 5) is 17.4. The van der Waals surface area contributed by atoms with Crippen molar-refractivity contribution in [2.75, 3.05) is 7.11 Å². The van der Waals surface area contributed by atoms with Gasteiger partial charge in [0.15, 0.2) is 4.80 Å². The van der Waals surface area contributed by atoms with Crippen LogP contribution in [-0.2, 0) is 6.54 Å². The molecule has 1 amide bonds. The number of aromatic nitrogens is 1. The highest BCUT2D eigenvalue weighted by Crippen LogP contribution is 2.17. The number of thiazole rings is 1. The predicted octanol–water partition coefficient (Wildman–Crippen LogP) is 3.64. The van der Waals surface area contributed by atoms with Crippen molar-refractivity contribution in [3.8, 4) is 5.75 Å². The number of amides is 1. The van der Waals surface area contributed by atoms with Crippen LogP contribution in [0.15, 0.2) is 66.2 Å². The van der Waals surface area contributed by atoms with E-state index in [1.54, 1.807) is 37.5 Å². The second-order valence-corrected chi connectivity index (χ2v) is 5.91. The van der Waals surface area contributed by atoms with Crippen LogP contribution >= 0.6 is 11.3 Å². The van der Waals surface area contributed by atoms with Gasteiger partial charge in [0.05, 0.1) is 17.3 Å². The summed E-state index contributed by atoms with van der Waals surface area (Å²) in [5, 5.41) is 0. The van der Waals surface area contributed by atoms with Crippen molar-refractivity contribution < 1.29 is 9.53 Å². The fourth-order valence-corrected chi connectivity index (χ4v) is 3.33. The molecule has 0 unspecified atom stereocenters. The molecule has 5 heteroatoms. The summed E-state index contributed by atoms with van der Waals surface area (Å²) >= 11 is 1.50. The molecule has 1 aromatic heterocycles. The molecule has 0 aliphatic carbocycles. The molecule has 0 radical (unpaired) electrons. The Morgan fingerprint density at radius 3 is 2.70 bits per heavy atom. The van der Waals surface area contributed by atoms with Crippen molar-refractivity contribution >= 4 is 27.5 Å². The monoisotopic (exact) mass is 324 g/mol. The van der Waals surface area contributed by atoms with E-state index in [0.29, 0.717) is 22.7 Å². The highest BCUT2D eigenvalue weighted by atomic mass is 32.1.